The van der Waals surface area contributed by atoms with Crippen LogP contribution in [0.15, 0.2) is 54.6 Å². The van der Waals surface area contributed by atoms with Crippen molar-refractivity contribution in [1.29, 1.82) is 0 Å². The molecule has 30 heavy (non-hydrogen) atoms. The zero-order valence-corrected chi connectivity index (χ0v) is 16.9. The molecule has 2 aliphatic rings. The van der Waals surface area contributed by atoms with Crippen molar-refractivity contribution in [3.05, 3.63) is 54.6 Å². The molecule has 2 fully saturated rings. The average Bonchev–Trinajstić information content (AvgIpc) is 3.36. The number of ether oxygens (including phenoxy) is 1. The number of methoxy groups -OCH3 is 1. The zero-order valence-electron chi connectivity index (χ0n) is 16.9. The molecular weight excluding hydrogens is 382 g/mol. The molecule has 1 saturated heterocycles. The fourth-order valence-corrected chi connectivity index (χ4v) is 4.27. The summed E-state index contributed by atoms with van der Waals surface area (Å²) in [5, 5.41) is 2.82. The first-order chi connectivity index (χ1) is 14.6. The molecule has 156 valence electrons. The van der Waals surface area contributed by atoms with E-state index in [0.717, 1.165) is 25.7 Å². The Balaban J connectivity index is 1.54. The number of amides is 4. The van der Waals surface area contributed by atoms with Gasteiger partial charge in [0.1, 0.15) is 11.8 Å². The second-order valence-electron chi connectivity index (χ2n) is 7.63. The van der Waals surface area contributed by atoms with Crippen molar-refractivity contribution < 1.29 is 19.1 Å². The highest BCUT2D eigenvalue weighted by molar-refractivity contribution is 6.22. The smallest absolute Gasteiger partial charge is 0.332 e. The summed E-state index contributed by atoms with van der Waals surface area (Å²) in [5.41, 5.74) is 1.15. The topological polar surface area (TPSA) is 79.0 Å². The minimum absolute atomic E-state index is 0.00560. The van der Waals surface area contributed by atoms with Crippen molar-refractivity contribution >= 4 is 29.2 Å². The van der Waals surface area contributed by atoms with E-state index in [9.17, 15) is 14.4 Å². The third-order valence-corrected chi connectivity index (χ3v) is 5.74. The van der Waals surface area contributed by atoms with Gasteiger partial charge < -0.3 is 15.0 Å². The van der Waals surface area contributed by atoms with E-state index in [-0.39, 0.29) is 30.3 Å². The van der Waals surface area contributed by atoms with Crippen LogP contribution in [0.25, 0.3) is 0 Å². The van der Waals surface area contributed by atoms with Gasteiger partial charge in [0.2, 0.25) is 5.91 Å². The maximum absolute atomic E-state index is 13.2. The summed E-state index contributed by atoms with van der Waals surface area (Å²) in [6.07, 6.45) is 3.70. The lowest BCUT2D eigenvalue weighted by Gasteiger charge is -2.27. The van der Waals surface area contributed by atoms with Gasteiger partial charge >= 0.3 is 6.03 Å². The lowest BCUT2D eigenvalue weighted by molar-refractivity contribution is -0.124. The van der Waals surface area contributed by atoms with Crippen molar-refractivity contribution in [1.82, 2.24) is 4.90 Å². The number of hydrogen-bond donors (Lipinski definition) is 1. The van der Waals surface area contributed by atoms with Gasteiger partial charge in [0.15, 0.2) is 0 Å². The van der Waals surface area contributed by atoms with E-state index < -0.39 is 6.04 Å². The lowest BCUT2D eigenvalue weighted by Crippen LogP contribution is -2.43. The number of para-hydroxylation sites is 1. The average molecular weight is 407 g/mol. The van der Waals surface area contributed by atoms with Crippen LogP contribution in [0.1, 0.15) is 32.1 Å². The normalized spacial score (nSPS) is 19.4. The van der Waals surface area contributed by atoms with Gasteiger partial charge in [-0.25, -0.2) is 9.69 Å². The third kappa shape index (κ3) is 3.87. The van der Waals surface area contributed by atoms with Crippen LogP contribution in [0.2, 0.25) is 0 Å². The third-order valence-electron chi connectivity index (χ3n) is 5.74. The van der Waals surface area contributed by atoms with E-state index in [2.05, 4.69) is 5.32 Å². The molecule has 7 nitrogen and oxygen atoms in total. The first kappa shape index (κ1) is 19.9. The molecule has 2 aromatic carbocycles. The molecule has 4 amide bonds. The van der Waals surface area contributed by atoms with Crippen LogP contribution in [-0.2, 0) is 9.59 Å². The highest BCUT2D eigenvalue weighted by atomic mass is 16.5. The molecule has 0 spiro atoms. The van der Waals surface area contributed by atoms with Gasteiger partial charge in [0.25, 0.3) is 5.91 Å². The molecule has 1 N–H and O–H groups in total. The van der Waals surface area contributed by atoms with Crippen LogP contribution < -0.4 is 15.0 Å². The molecule has 1 aliphatic carbocycles. The summed E-state index contributed by atoms with van der Waals surface area (Å²) in [6, 6.07) is 14.7. The number of urea groups is 1. The van der Waals surface area contributed by atoms with Gasteiger partial charge in [-0.3, -0.25) is 9.59 Å². The Hall–Kier alpha value is -3.35. The second-order valence-corrected chi connectivity index (χ2v) is 7.63. The minimum atomic E-state index is -0.793. The highest BCUT2D eigenvalue weighted by Crippen LogP contribution is 2.34. The van der Waals surface area contributed by atoms with Crippen LogP contribution in [0.3, 0.4) is 0 Å². The van der Waals surface area contributed by atoms with Crippen molar-refractivity contribution in [3.8, 4) is 5.75 Å². The monoisotopic (exact) mass is 407 g/mol. The number of hydrogen-bond acceptors (Lipinski definition) is 4. The standard InChI is InChI=1S/C23H25N3O4/c1-30-19-13-11-16(12-14-19)24-21(27)15-20-22(28)26(18-7-3-2-4-8-18)23(29)25(20)17-9-5-6-10-17/h2-4,7-8,11-14,17,20H,5-6,9-10,15H2,1H3,(H,24,27)/t20-/m0/s1. The summed E-state index contributed by atoms with van der Waals surface area (Å²) in [6.45, 7) is 0. The summed E-state index contributed by atoms with van der Waals surface area (Å²) in [5.74, 6) is 0.0442. The van der Waals surface area contributed by atoms with E-state index in [1.165, 1.54) is 4.90 Å². The summed E-state index contributed by atoms with van der Waals surface area (Å²) in [7, 11) is 1.58. The van der Waals surface area contributed by atoms with Crippen LogP contribution in [0.4, 0.5) is 16.2 Å². The Morgan fingerprint density at radius 1 is 1.03 bits per heavy atom. The lowest BCUT2D eigenvalue weighted by atomic mass is 10.1. The molecule has 0 unspecified atom stereocenters. The Kier molecular flexibility index (Phi) is 5.70. The van der Waals surface area contributed by atoms with Gasteiger partial charge in [0, 0.05) is 11.7 Å². The van der Waals surface area contributed by atoms with E-state index in [1.54, 1.807) is 60.5 Å². The van der Waals surface area contributed by atoms with Gasteiger partial charge in [-0.15, -0.1) is 0 Å². The summed E-state index contributed by atoms with van der Waals surface area (Å²) < 4.78 is 5.13. The molecule has 1 atom stereocenters. The molecule has 4 rings (SSSR count). The predicted octanol–water partition coefficient (Wildman–Crippen LogP) is 3.80. The molecule has 0 aromatic heterocycles. The maximum atomic E-state index is 13.2. The number of carbonyl (C=O) groups excluding carboxylic acids is 3. The number of carbonyl (C=O) groups is 3. The Bertz CT molecular complexity index is 923. The molecule has 1 aliphatic heterocycles. The first-order valence-corrected chi connectivity index (χ1v) is 10.2. The van der Waals surface area contributed by atoms with Crippen molar-refractivity contribution in [2.24, 2.45) is 0 Å². The second kappa shape index (κ2) is 8.57. The van der Waals surface area contributed by atoms with Gasteiger partial charge in [0.05, 0.1) is 19.2 Å². The molecule has 0 bridgehead atoms. The molecule has 0 radical (unpaired) electrons. The quantitative estimate of drug-likeness (QED) is 0.739. The van der Waals surface area contributed by atoms with Crippen LogP contribution >= 0.6 is 0 Å². The largest absolute Gasteiger partial charge is 0.497 e. The Morgan fingerprint density at radius 3 is 2.33 bits per heavy atom. The van der Waals surface area contributed by atoms with Crippen LogP contribution in [-0.4, -0.2) is 41.9 Å². The fraction of sp³-hybridized carbons (Fsp3) is 0.348. The number of benzene rings is 2. The van der Waals surface area contributed by atoms with E-state index in [4.69, 9.17) is 4.74 Å². The van der Waals surface area contributed by atoms with Crippen molar-refractivity contribution in [2.45, 2.75) is 44.2 Å². The number of anilines is 2. The maximum Gasteiger partial charge on any atom is 0.332 e. The Labute approximate surface area is 175 Å². The zero-order chi connectivity index (χ0) is 21.1. The van der Waals surface area contributed by atoms with E-state index >= 15 is 0 Å². The molecule has 2 aromatic rings. The number of nitrogens with one attached hydrogen (secondary N) is 1. The van der Waals surface area contributed by atoms with Crippen molar-refractivity contribution in [3.63, 3.8) is 0 Å². The molecule has 1 heterocycles. The van der Waals surface area contributed by atoms with Gasteiger partial charge in [-0.1, -0.05) is 31.0 Å². The SMILES string of the molecule is COc1ccc(NC(=O)C[C@H]2C(=O)N(c3ccccc3)C(=O)N2C2CCCC2)cc1. The first-order valence-electron chi connectivity index (χ1n) is 10.2. The predicted molar refractivity (Wildman–Crippen MR) is 113 cm³/mol. The summed E-state index contributed by atoms with van der Waals surface area (Å²) >= 11 is 0. The Morgan fingerprint density at radius 2 is 1.70 bits per heavy atom. The minimum Gasteiger partial charge on any atom is -0.497 e. The van der Waals surface area contributed by atoms with E-state index in [1.807, 2.05) is 6.07 Å². The van der Waals surface area contributed by atoms with Gasteiger partial charge in [-0.05, 0) is 49.2 Å². The molecule has 7 heteroatoms. The molecule has 1 saturated carbocycles. The van der Waals surface area contributed by atoms with E-state index in [0.29, 0.717) is 17.1 Å². The van der Waals surface area contributed by atoms with Gasteiger partial charge in [-0.2, -0.15) is 0 Å². The molecular formula is C23H25N3O4. The fourth-order valence-electron chi connectivity index (χ4n) is 4.27. The van der Waals surface area contributed by atoms with Crippen LogP contribution in [0.5, 0.6) is 5.75 Å². The number of rotatable bonds is 6. The van der Waals surface area contributed by atoms with Crippen LogP contribution in [0, 0.1) is 0 Å². The number of imide groups is 1. The van der Waals surface area contributed by atoms with Crippen molar-refractivity contribution in [2.75, 3.05) is 17.3 Å². The summed E-state index contributed by atoms with van der Waals surface area (Å²) in [4.78, 5) is 42.0. The number of nitrogens with zero attached hydrogens (tertiary/aromatic N) is 2. The highest BCUT2D eigenvalue weighted by Gasteiger charge is 2.49.